The fourth-order valence-corrected chi connectivity index (χ4v) is 18.6. The fourth-order valence-electron chi connectivity index (χ4n) is 18.6. The maximum atomic E-state index is 12.2. The van der Waals surface area contributed by atoms with Crippen molar-refractivity contribution in [2.45, 2.75) is 246 Å². The molecule has 3 aromatic heterocycles. The van der Waals surface area contributed by atoms with Gasteiger partial charge in [-0.3, -0.25) is 0 Å². The lowest BCUT2D eigenvalue weighted by atomic mass is 9.97. The molecular formula is C92H110N4O44. The van der Waals surface area contributed by atoms with Crippen molar-refractivity contribution in [2.24, 2.45) is 0 Å². The summed E-state index contributed by atoms with van der Waals surface area (Å²) in [5, 5.41) is 310. The number of para-hydroxylation sites is 4. The first-order valence-corrected chi connectivity index (χ1v) is 44.9. The molecule has 762 valence electrons. The Morgan fingerprint density at radius 3 is 0.636 bits per heavy atom. The van der Waals surface area contributed by atoms with Gasteiger partial charge in [0.05, 0.1) is 75.6 Å². The van der Waals surface area contributed by atoms with Crippen LogP contribution in [-0.4, -0.2) is 461 Å². The number of aromatic amines is 2. The number of fused-ring (bicyclic) bond motifs is 8. The number of H-pyrrole nitrogens is 2. The Balaban J connectivity index is 0.835. The summed E-state index contributed by atoms with van der Waals surface area (Å²) in [5.41, 5.74) is 2.08. The maximum Gasteiger partial charge on any atom is 0.229 e. The van der Waals surface area contributed by atoms with E-state index in [0.717, 1.165) is 0 Å². The molecule has 7 aromatic rings. The normalized spacial score (nSPS) is 38.5. The average Bonchev–Trinajstić information content (AvgIpc) is 1.60. The molecule has 0 radical (unpaired) electrons. The second-order valence-electron chi connectivity index (χ2n) is 35.0. The predicted molar refractivity (Wildman–Crippen MR) is 469 cm³/mol. The molecule has 0 aliphatic carbocycles. The highest BCUT2D eigenvalue weighted by molar-refractivity contribution is 6.02. The first kappa shape index (κ1) is 103. The number of nitrogens with zero attached hydrogens (tertiary/aromatic N) is 2. The summed E-state index contributed by atoms with van der Waals surface area (Å²) in [7, 11) is 0. The number of aliphatic hydroxyl groups excluding tert-OH is 28. The molecule has 30 N–H and O–H groups in total. The molecule has 40 atom stereocenters. The molecule has 8 fully saturated rings. The van der Waals surface area contributed by atoms with Crippen LogP contribution in [0.15, 0.2) is 121 Å². The summed E-state index contributed by atoms with van der Waals surface area (Å²) in [6.07, 6.45) is -68.5. The van der Waals surface area contributed by atoms with Gasteiger partial charge in [0.15, 0.2) is 25.2 Å². The molecule has 0 unspecified atom stereocenters. The van der Waals surface area contributed by atoms with Gasteiger partial charge in [0.25, 0.3) is 0 Å². The Morgan fingerprint density at radius 2 is 0.400 bits per heavy atom. The highest BCUT2D eigenvalue weighted by Crippen LogP contribution is 2.48. The number of ether oxygens (including phenoxy) is 16. The molecule has 0 spiro atoms. The summed E-state index contributed by atoms with van der Waals surface area (Å²) < 4.78 is 97.1. The van der Waals surface area contributed by atoms with E-state index in [4.69, 9.17) is 85.8 Å². The van der Waals surface area contributed by atoms with Crippen molar-refractivity contribution >= 4 is 46.4 Å². The molecule has 8 saturated heterocycles. The minimum atomic E-state index is -2.11. The number of hydrogen-bond acceptors (Lipinski definition) is 46. The second-order valence-corrected chi connectivity index (χ2v) is 35.0. The van der Waals surface area contributed by atoms with Crippen molar-refractivity contribution in [2.75, 3.05) is 52.9 Å². The van der Waals surface area contributed by atoms with Gasteiger partial charge in [-0.15, -0.1) is 0 Å². The van der Waals surface area contributed by atoms with Crippen LogP contribution in [-0.2, 0) is 56.8 Å². The standard InChI is InChI=1S/C92H110N4O44/c97-25-49-61(105)65(109)73(117)89(129-49)137-81-53(29-101)133-85(77(121)69(81)113)125-45-13-5-1-9-33(45)57-37-17-19-39(93-37)58(34-10-2-6-14-46(34)126-86-78(122)70(114)82(54(30-102)134-86)138-90-74(118)66(110)62(106)50(26-98)130-90)41-21-23-43(95-41)60(36-12-4-8-16-48(36)128-88-80(124)72(116)84(56(32-104)136-88)140-92-76(120)68(112)64(108)52(28-100)132-92)44-24-22-42(96-44)59(40-20-18-38(57)94-40)35-11-3-7-15-47(35)127-87-79(123)71(115)83(55(31-103)135-87)139-91-75(119)67(111)63(107)51(27-99)131-91/h1-24,49-56,61-94,97-124H,25-32H2/t49-,50-,51-,52-,53-,54-,55-,56-,61-,62-,63-,64-,65+,66+,67+,68+,69-,70-,71-,72-,73-,74-,75-,76-,77-,78-,79-,80-,81-,82-,83-,84-,85-,86-,87-,88-,89-,90-,91-,92-/m1/s1. The second kappa shape index (κ2) is 43.6. The van der Waals surface area contributed by atoms with E-state index in [1.807, 2.05) is 0 Å². The topological polar surface area (TPSA) is 771 Å². The lowest BCUT2D eigenvalue weighted by Gasteiger charge is -2.45. The van der Waals surface area contributed by atoms with Crippen LogP contribution in [0.1, 0.15) is 22.8 Å². The lowest BCUT2D eigenvalue weighted by molar-refractivity contribution is -0.352. The molecule has 8 bridgehead atoms. The Kier molecular flexibility index (Phi) is 31.9. The highest BCUT2D eigenvalue weighted by atomic mass is 16.8. The molecule has 48 heteroatoms. The highest BCUT2D eigenvalue weighted by Gasteiger charge is 2.58. The van der Waals surface area contributed by atoms with Gasteiger partial charge in [-0.05, 0) is 72.8 Å². The van der Waals surface area contributed by atoms with E-state index in [9.17, 15) is 143 Å². The number of benzene rings is 4. The van der Waals surface area contributed by atoms with Gasteiger partial charge in [-0.25, -0.2) is 9.97 Å². The van der Waals surface area contributed by atoms with Crippen molar-refractivity contribution in [1.29, 1.82) is 0 Å². The van der Waals surface area contributed by atoms with Crippen molar-refractivity contribution in [1.82, 2.24) is 19.9 Å². The number of rotatable bonds is 28. The number of hydrogen-bond donors (Lipinski definition) is 30. The summed E-state index contributed by atoms with van der Waals surface area (Å²) in [6.45, 7) is -7.34. The number of aliphatic hydroxyl groups is 28. The van der Waals surface area contributed by atoms with E-state index in [-0.39, 0.29) is 112 Å². The van der Waals surface area contributed by atoms with Gasteiger partial charge in [0, 0.05) is 66.6 Å². The zero-order chi connectivity index (χ0) is 99.4. The smallest absolute Gasteiger partial charge is 0.229 e. The minimum absolute atomic E-state index is 0.0553. The van der Waals surface area contributed by atoms with Gasteiger partial charge in [0.2, 0.25) is 25.2 Å². The average molecular weight is 1980 g/mol. The first-order chi connectivity index (χ1) is 67.3. The summed E-state index contributed by atoms with van der Waals surface area (Å²) >= 11 is 0. The Bertz CT molecular complexity index is 5410. The molecule has 0 amide bonds. The minimum Gasteiger partial charge on any atom is -0.461 e. The van der Waals surface area contributed by atoms with Gasteiger partial charge in [-0.2, -0.15) is 0 Å². The molecule has 10 aliphatic rings. The summed E-state index contributed by atoms with van der Waals surface area (Å²) in [4.78, 5) is 17.9. The molecule has 17 rings (SSSR count). The predicted octanol–water partition coefficient (Wildman–Crippen LogP) is -8.66. The van der Waals surface area contributed by atoms with Crippen LogP contribution in [0.4, 0.5) is 0 Å². The van der Waals surface area contributed by atoms with E-state index < -0.39 is 299 Å². The Morgan fingerprint density at radius 1 is 0.207 bits per heavy atom. The largest absolute Gasteiger partial charge is 0.461 e. The molecule has 0 saturated carbocycles. The van der Waals surface area contributed by atoms with Gasteiger partial charge in [0.1, 0.15) is 218 Å². The van der Waals surface area contributed by atoms with E-state index >= 15 is 0 Å². The monoisotopic (exact) mass is 1970 g/mol. The molecule has 4 aromatic carbocycles. The van der Waals surface area contributed by atoms with Crippen molar-refractivity contribution in [3.63, 3.8) is 0 Å². The zero-order valence-electron chi connectivity index (χ0n) is 73.6. The van der Waals surface area contributed by atoms with E-state index in [2.05, 4.69) is 9.97 Å². The van der Waals surface area contributed by atoms with Crippen molar-refractivity contribution in [3.8, 4) is 67.5 Å². The first-order valence-electron chi connectivity index (χ1n) is 44.9. The van der Waals surface area contributed by atoms with Crippen LogP contribution in [0.5, 0.6) is 23.0 Å². The molecule has 140 heavy (non-hydrogen) atoms. The van der Waals surface area contributed by atoms with Crippen LogP contribution in [0.25, 0.3) is 90.9 Å². The van der Waals surface area contributed by atoms with Crippen molar-refractivity contribution in [3.05, 3.63) is 144 Å². The Hall–Kier alpha value is -8.92. The fraction of sp³-hybridized carbons (Fsp3) is 0.522. The quantitative estimate of drug-likeness (QED) is 0.0217. The van der Waals surface area contributed by atoms with Crippen LogP contribution >= 0.6 is 0 Å². The molecule has 10 aliphatic heterocycles. The summed E-state index contributed by atoms with van der Waals surface area (Å²) in [6, 6.07) is 31.3. The molecular weight excluding hydrogens is 1860 g/mol. The maximum absolute atomic E-state index is 12.2. The van der Waals surface area contributed by atoms with Crippen molar-refractivity contribution < 1.29 is 219 Å². The number of aromatic nitrogens is 4. The van der Waals surface area contributed by atoms with Crippen LogP contribution in [0.3, 0.4) is 0 Å². The van der Waals surface area contributed by atoms with Crippen LogP contribution in [0, 0.1) is 0 Å². The van der Waals surface area contributed by atoms with Gasteiger partial charge >= 0.3 is 0 Å². The van der Waals surface area contributed by atoms with E-state index in [1.165, 1.54) is 30.3 Å². The number of nitrogens with one attached hydrogen (secondary N) is 2. The van der Waals surface area contributed by atoms with E-state index in [0.29, 0.717) is 0 Å². The third-order valence-electron chi connectivity index (χ3n) is 26.2. The Labute approximate surface area is 792 Å². The SMILES string of the molecule is OC[C@H]1O[C@H](O[C@H]2[C@H](O)[C@@H](O)[C@H](Oc3ccccc3-c3c4nc(c(-c5ccccc5O[C@@H]5O[C@H](CO)[C@@H](O[C@H]6O[C@H](CO)[C@@H](O)[C@H](O)[C@H]6O)[C@H](O)[C@H]5O)c5ccc([nH]5)c(-c5ccccc5O[C@@H]5O[C@H](CO)[C@@H](O[C@H]6O[C@H](CO)[C@@H](O)[C@H](O)[C@H]6O)[C@H](O)[C@H]5O)c5ccc([nH]5)c(-c5ccccc5O[C@@H]5O[C@H](CO)[C@@H](O[C@H]6O[C@H](CO)[C@@H](O)[C@H](O)[C@H]6O)[C@H](O)[C@H]5O)c5nc3C=C5)C=C4)O[C@@H]2CO)[C@H](O)[C@@H](O)[C@@H]1O. The third-order valence-corrected chi connectivity index (χ3v) is 26.2. The zero-order valence-corrected chi connectivity index (χ0v) is 73.6. The molecule has 48 nitrogen and oxygen atoms in total. The van der Waals surface area contributed by atoms with Crippen LogP contribution in [0.2, 0.25) is 0 Å². The molecule has 13 heterocycles. The van der Waals surface area contributed by atoms with Gasteiger partial charge < -0.3 is 229 Å². The van der Waals surface area contributed by atoms with Crippen LogP contribution < -0.4 is 18.9 Å². The summed E-state index contributed by atoms with van der Waals surface area (Å²) in [5.74, 6) is -0.508. The third kappa shape index (κ3) is 19.8. The van der Waals surface area contributed by atoms with E-state index in [1.54, 1.807) is 115 Å². The van der Waals surface area contributed by atoms with Gasteiger partial charge in [-0.1, -0.05) is 72.8 Å². The lowest BCUT2D eigenvalue weighted by Crippen LogP contribution is -2.65.